The highest BCUT2D eigenvalue weighted by Gasteiger charge is 2.56. The van der Waals surface area contributed by atoms with Crippen molar-refractivity contribution in [1.29, 1.82) is 0 Å². The topological polar surface area (TPSA) is 176 Å². The molecule has 3 rings (SSSR count). The Morgan fingerprint density at radius 3 is 2.38 bits per heavy atom. The van der Waals surface area contributed by atoms with E-state index in [4.69, 9.17) is 24.7 Å². The summed E-state index contributed by atoms with van der Waals surface area (Å²) in [6.45, 7) is 10.3. The van der Waals surface area contributed by atoms with Gasteiger partial charge in [0, 0.05) is 32.1 Å². The molecule has 13 heteroatoms. The molecular weight excluding hydrogens is 524 g/mol. The van der Waals surface area contributed by atoms with Crippen LogP contribution in [-0.2, 0) is 38.1 Å². The first-order valence-corrected chi connectivity index (χ1v) is 14.0. The number of amides is 4. The van der Waals surface area contributed by atoms with Gasteiger partial charge in [0.05, 0.1) is 31.0 Å². The van der Waals surface area contributed by atoms with Crippen molar-refractivity contribution in [3.63, 3.8) is 0 Å². The lowest BCUT2D eigenvalue weighted by Crippen LogP contribution is -2.58. The number of carbonyl (C=O) groups is 5. The zero-order valence-electron chi connectivity index (χ0n) is 24.2. The Morgan fingerprint density at radius 1 is 1.05 bits per heavy atom. The number of nitrogens with zero attached hydrogens (tertiary/aromatic N) is 1. The molecule has 0 saturated carbocycles. The molecule has 0 radical (unpaired) electrons. The van der Waals surface area contributed by atoms with Gasteiger partial charge in [-0.05, 0) is 60.3 Å². The summed E-state index contributed by atoms with van der Waals surface area (Å²) in [6.07, 6.45) is 0.730. The first kappa shape index (κ1) is 31.8. The van der Waals surface area contributed by atoms with Gasteiger partial charge in [0.25, 0.3) is 5.91 Å². The molecule has 0 bridgehead atoms. The molecule has 4 amide bonds. The third-order valence-electron chi connectivity index (χ3n) is 7.16. The molecule has 3 fully saturated rings. The van der Waals surface area contributed by atoms with Crippen molar-refractivity contribution >= 4 is 29.6 Å². The van der Waals surface area contributed by atoms with Gasteiger partial charge in [-0.1, -0.05) is 0 Å². The van der Waals surface area contributed by atoms with E-state index >= 15 is 0 Å². The van der Waals surface area contributed by atoms with E-state index in [2.05, 4.69) is 10.6 Å². The number of fused-ring (bicyclic) bond motifs is 3. The van der Waals surface area contributed by atoms with Gasteiger partial charge < -0.3 is 40.2 Å². The maximum atomic E-state index is 13.9. The van der Waals surface area contributed by atoms with Crippen LogP contribution < -0.4 is 16.4 Å². The zero-order chi connectivity index (χ0) is 29.7. The molecule has 40 heavy (non-hydrogen) atoms. The summed E-state index contributed by atoms with van der Waals surface area (Å²) in [4.78, 5) is 66.1. The predicted molar refractivity (Wildman–Crippen MR) is 142 cm³/mol. The molecule has 0 aliphatic carbocycles. The number of ether oxygens (including phenoxy) is 4. The Balaban J connectivity index is 1.91. The molecule has 0 aromatic carbocycles. The van der Waals surface area contributed by atoms with Crippen LogP contribution in [0.1, 0.15) is 66.7 Å². The average Bonchev–Trinajstić information content (AvgIpc) is 3.32. The van der Waals surface area contributed by atoms with E-state index < -0.39 is 65.0 Å². The summed E-state index contributed by atoms with van der Waals surface area (Å²) >= 11 is 0. The number of rotatable bonds is 3. The molecule has 5 atom stereocenters. The number of nitrogens with two attached hydrogens (primary N) is 1. The van der Waals surface area contributed by atoms with Crippen LogP contribution in [0.4, 0.5) is 4.79 Å². The molecule has 3 aliphatic heterocycles. The van der Waals surface area contributed by atoms with Crippen LogP contribution in [0.15, 0.2) is 0 Å². The van der Waals surface area contributed by atoms with E-state index in [1.807, 2.05) is 13.8 Å². The van der Waals surface area contributed by atoms with E-state index in [-0.39, 0.29) is 38.5 Å². The van der Waals surface area contributed by atoms with Crippen molar-refractivity contribution < 1.29 is 42.9 Å². The quantitative estimate of drug-likeness (QED) is 0.407. The number of primary amides is 1. The number of Topliss-reactive ketones (excluding diaryl/α,β-unsaturated/α-hetero) is 1. The predicted octanol–water partition coefficient (Wildman–Crippen LogP) is 0.421. The molecule has 0 spiro atoms. The zero-order valence-corrected chi connectivity index (χ0v) is 24.2. The van der Waals surface area contributed by atoms with E-state index in [1.165, 1.54) is 4.90 Å². The van der Waals surface area contributed by atoms with E-state index in [1.54, 1.807) is 20.8 Å². The van der Waals surface area contributed by atoms with E-state index in [0.29, 0.717) is 32.5 Å². The SMILES string of the molecule is CC(C)(C)OC(=O)N[C@H]1CCOCCOCCCC[C@@H](C(=O)C(N)=O)NC(=O)[C@@H]2[C@H]3CC(C)(C)O[C@H]3CN2C1=O. The van der Waals surface area contributed by atoms with Crippen LogP contribution in [0.25, 0.3) is 0 Å². The van der Waals surface area contributed by atoms with Crippen molar-refractivity contribution in [3.05, 3.63) is 0 Å². The molecule has 3 saturated heterocycles. The maximum absolute atomic E-state index is 13.9. The second-order valence-electron chi connectivity index (χ2n) is 12.2. The van der Waals surface area contributed by atoms with Crippen LogP contribution in [0.5, 0.6) is 0 Å². The van der Waals surface area contributed by atoms with Gasteiger partial charge >= 0.3 is 6.09 Å². The molecule has 3 aliphatic rings. The fourth-order valence-electron chi connectivity index (χ4n) is 5.51. The normalized spacial score (nSPS) is 30.4. The van der Waals surface area contributed by atoms with Crippen molar-refractivity contribution in [3.8, 4) is 0 Å². The highest BCUT2D eigenvalue weighted by molar-refractivity contribution is 6.37. The fraction of sp³-hybridized carbons (Fsp3) is 0.815. The average molecular weight is 569 g/mol. The molecule has 0 aromatic rings. The largest absolute Gasteiger partial charge is 0.444 e. The summed E-state index contributed by atoms with van der Waals surface area (Å²) in [5.74, 6) is -3.47. The highest BCUT2D eigenvalue weighted by Crippen LogP contribution is 2.43. The van der Waals surface area contributed by atoms with Gasteiger partial charge in [-0.2, -0.15) is 0 Å². The van der Waals surface area contributed by atoms with Crippen molar-refractivity contribution in [1.82, 2.24) is 15.5 Å². The molecule has 4 N–H and O–H groups in total. The van der Waals surface area contributed by atoms with Gasteiger partial charge in [0.15, 0.2) is 0 Å². The standard InChI is InChI=1S/C27H44N4O9/c1-26(2,3)40-25(36)30-18-9-11-38-13-12-37-10-7-6-8-17(21(32)22(28)33)29-23(34)20-16-14-27(4,5)39-19(16)15-31(20)24(18)35/h16-20H,6-15H2,1-5H3,(H2,28,33)(H,29,34)(H,30,36)/t16-,17-,18-,19-,20-/m0/s1. The smallest absolute Gasteiger partial charge is 0.408 e. The Kier molecular flexibility index (Phi) is 10.5. The number of nitrogens with one attached hydrogen (secondary N) is 2. The summed E-state index contributed by atoms with van der Waals surface area (Å²) in [6, 6.07) is -3.16. The van der Waals surface area contributed by atoms with Crippen LogP contribution >= 0.6 is 0 Å². The van der Waals surface area contributed by atoms with Crippen LogP contribution in [0.3, 0.4) is 0 Å². The van der Waals surface area contributed by atoms with Gasteiger partial charge in [-0.25, -0.2) is 4.79 Å². The third kappa shape index (κ3) is 8.61. The van der Waals surface area contributed by atoms with Gasteiger partial charge in [-0.15, -0.1) is 0 Å². The van der Waals surface area contributed by atoms with E-state index in [9.17, 15) is 24.0 Å². The lowest BCUT2D eigenvalue weighted by atomic mass is 9.89. The van der Waals surface area contributed by atoms with Crippen LogP contribution in [0, 0.1) is 5.92 Å². The number of ketones is 1. The van der Waals surface area contributed by atoms with Crippen LogP contribution in [0.2, 0.25) is 0 Å². The maximum Gasteiger partial charge on any atom is 0.408 e. The van der Waals surface area contributed by atoms with Crippen molar-refractivity contribution in [2.24, 2.45) is 11.7 Å². The van der Waals surface area contributed by atoms with Crippen LogP contribution in [-0.4, -0.2) is 103 Å². The molecule has 0 aromatic heterocycles. The van der Waals surface area contributed by atoms with E-state index in [0.717, 1.165) is 0 Å². The number of hydrogen-bond donors (Lipinski definition) is 3. The van der Waals surface area contributed by atoms with Gasteiger partial charge in [0.1, 0.15) is 17.7 Å². The second kappa shape index (κ2) is 13.3. The molecular formula is C27H44N4O9. The molecule has 3 heterocycles. The van der Waals surface area contributed by atoms with Gasteiger partial charge in [0.2, 0.25) is 17.6 Å². The minimum atomic E-state index is -1.14. The van der Waals surface area contributed by atoms with Crippen molar-refractivity contribution in [2.45, 2.75) is 102 Å². The number of alkyl carbamates (subject to hydrolysis) is 1. The monoisotopic (exact) mass is 568 g/mol. The Bertz CT molecular complexity index is 964. The second-order valence-corrected chi connectivity index (χ2v) is 12.2. The number of hydrogen-bond acceptors (Lipinski definition) is 9. The lowest BCUT2D eigenvalue weighted by molar-refractivity contribution is -0.143. The summed E-state index contributed by atoms with van der Waals surface area (Å²) in [7, 11) is 0. The first-order valence-electron chi connectivity index (χ1n) is 14.0. The number of carbonyl (C=O) groups excluding carboxylic acids is 5. The Labute approximate surface area is 235 Å². The lowest BCUT2D eigenvalue weighted by Gasteiger charge is -2.33. The molecule has 0 unspecified atom stereocenters. The third-order valence-corrected chi connectivity index (χ3v) is 7.16. The van der Waals surface area contributed by atoms with Crippen molar-refractivity contribution in [2.75, 3.05) is 33.0 Å². The Morgan fingerprint density at radius 2 is 1.73 bits per heavy atom. The van der Waals surface area contributed by atoms with Gasteiger partial charge in [-0.3, -0.25) is 19.2 Å². The highest BCUT2D eigenvalue weighted by atomic mass is 16.6. The Hall–Kier alpha value is -2.77. The summed E-state index contributed by atoms with van der Waals surface area (Å²) < 4.78 is 22.7. The molecule has 226 valence electrons. The first-order chi connectivity index (χ1) is 18.7. The summed E-state index contributed by atoms with van der Waals surface area (Å²) in [5.41, 5.74) is 3.98. The fourth-order valence-corrected chi connectivity index (χ4v) is 5.51. The molecule has 13 nitrogen and oxygen atoms in total. The minimum Gasteiger partial charge on any atom is -0.444 e. The summed E-state index contributed by atoms with van der Waals surface area (Å²) in [5, 5.41) is 5.33. The minimum absolute atomic E-state index is 0.126.